The summed E-state index contributed by atoms with van der Waals surface area (Å²) in [5.41, 5.74) is 0.432. The van der Waals surface area contributed by atoms with E-state index in [0.29, 0.717) is 11.6 Å². The number of nitrogens with zero attached hydrogens (tertiary/aromatic N) is 1. The van der Waals surface area contributed by atoms with Gasteiger partial charge in [0.05, 0.1) is 11.4 Å². The fourth-order valence-electron chi connectivity index (χ4n) is 3.51. The van der Waals surface area contributed by atoms with Gasteiger partial charge in [-0.25, -0.2) is 8.42 Å². The lowest BCUT2D eigenvalue weighted by Gasteiger charge is -2.34. The van der Waals surface area contributed by atoms with E-state index in [9.17, 15) is 13.2 Å². The number of benzene rings is 1. The summed E-state index contributed by atoms with van der Waals surface area (Å²) in [6, 6.07) is 6.85. The van der Waals surface area contributed by atoms with Gasteiger partial charge in [0.15, 0.2) is 0 Å². The monoisotopic (exact) mass is 360 g/mol. The van der Waals surface area contributed by atoms with Gasteiger partial charge < -0.3 is 4.90 Å². The summed E-state index contributed by atoms with van der Waals surface area (Å²) >= 11 is 0. The standard InChI is InChI=1S/C19H24N2O3S/c1-2-13-20-25(23,24)18-10-6-7-15(14-18)19(22)21(17-11-12-17)16-8-4-3-5-9-16/h1,6-7,10,14,16-17,20H,3-5,8-9,11-13H2. The Kier molecular flexibility index (Phi) is 5.45. The van der Waals surface area contributed by atoms with E-state index >= 15 is 0 Å². The average molecular weight is 360 g/mol. The minimum Gasteiger partial charge on any atom is -0.333 e. The molecule has 25 heavy (non-hydrogen) atoms. The third-order valence-electron chi connectivity index (χ3n) is 4.90. The number of amides is 1. The number of nitrogens with one attached hydrogen (secondary N) is 1. The molecule has 2 fully saturated rings. The molecule has 3 rings (SSSR count). The van der Waals surface area contributed by atoms with Crippen LogP contribution in [0.15, 0.2) is 29.2 Å². The summed E-state index contributed by atoms with van der Waals surface area (Å²) in [5, 5.41) is 0. The second-order valence-corrected chi connectivity index (χ2v) is 8.56. The van der Waals surface area contributed by atoms with Gasteiger partial charge in [-0.05, 0) is 43.9 Å². The minimum atomic E-state index is -3.70. The van der Waals surface area contributed by atoms with E-state index in [4.69, 9.17) is 6.42 Å². The first kappa shape index (κ1) is 18.0. The Morgan fingerprint density at radius 2 is 1.84 bits per heavy atom. The highest BCUT2D eigenvalue weighted by atomic mass is 32.2. The van der Waals surface area contributed by atoms with Gasteiger partial charge in [-0.1, -0.05) is 31.2 Å². The normalized spacial score (nSPS) is 18.5. The van der Waals surface area contributed by atoms with Crippen molar-refractivity contribution in [2.45, 2.75) is 61.9 Å². The molecule has 2 aliphatic carbocycles. The lowest BCUT2D eigenvalue weighted by molar-refractivity contribution is 0.0613. The Morgan fingerprint density at radius 3 is 2.48 bits per heavy atom. The summed E-state index contributed by atoms with van der Waals surface area (Å²) < 4.78 is 26.8. The lowest BCUT2D eigenvalue weighted by Crippen LogP contribution is -2.43. The maximum Gasteiger partial charge on any atom is 0.254 e. The highest BCUT2D eigenvalue weighted by molar-refractivity contribution is 7.89. The largest absolute Gasteiger partial charge is 0.333 e. The maximum atomic E-state index is 13.1. The van der Waals surface area contributed by atoms with E-state index in [1.165, 1.54) is 18.6 Å². The molecule has 0 radical (unpaired) electrons. The second-order valence-electron chi connectivity index (χ2n) is 6.79. The van der Waals surface area contributed by atoms with E-state index in [-0.39, 0.29) is 23.4 Å². The van der Waals surface area contributed by atoms with Crippen LogP contribution in [0.3, 0.4) is 0 Å². The summed E-state index contributed by atoms with van der Waals surface area (Å²) in [6.07, 6.45) is 12.8. The number of hydrogen-bond acceptors (Lipinski definition) is 3. The van der Waals surface area contributed by atoms with Gasteiger partial charge in [-0.15, -0.1) is 6.42 Å². The van der Waals surface area contributed by atoms with E-state index in [1.54, 1.807) is 12.1 Å². The van der Waals surface area contributed by atoms with Crippen LogP contribution in [0.25, 0.3) is 0 Å². The van der Waals surface area contributed by atoms with Crippen LogP contribution in [0, 0.1) is 12.3 Å². The van der Waals surface area contributed by atoms with Crippen LogP contribution in [-0.2, 0) is 10.0 Å². The first-order chi connectivity index (χ1) is 12.0. The zero-order chi connectivity index (χ0) is 17.9. The van der Waals surface area contributed by atoms with Crippen molar-refractivity contribution in [1.29, 1.82) is 0 Å². The third-order valence-corrected chi connectivity index (χ3v) is 6.30. The molecular formula is C19H24N2O3S. The topological polar surface area (TPSA) is 66.5 Å². The SMILES string of the molecule is C#CCNS(=O)(=O)c1cccc(C(=O)N(C2CCCCC2)C2CC2)c1. The highest BCUT2D eigenvalue weighted by Gasteiger charge is 2.38. The molecule has 0 aliphatic heterocycles. The van der Waals surface area contributed by atoms with Crippen LogP contribution in [0.1, 0.15) is 55.3 Å². The predicted molar refractivity (Wildman–Crippen MR) is 96.5 cm³/mol. The fraction of sp³-hybridized carbons (Fsp3) is 0.526. The molecule has 0 heterocycles. The van der Waals surface area contributed by atoms with E-state index in [1.807, 2.05) is 4.90 Å². The average Bonchev–Trinajstić information content (AvgIpc) is 3.46. The Labute approximate surface area is 149 Å². The molecule has 134 valence electrons. The second kappa shape index (κ2) is 7.59. The number of sulfonamides is 1. The van der Waals surface area contributed by atoms with Crippen molar-refractivity contribution in [3.63, 3.8) is 0 Å². The molecule has 1 amide bonds. The predicted octanol–water partition coefficient (Wildman–Crippen LogP) is 2.54. The van der Waals surface area contributed by atoms with Crippen LogP contribution in [-0.4, -0.2) is 37.9 Å². The van der Waals surface area contributed by atoms with Crippen molar-refractivity contribution >= 4 is 15.9 Å². The number of carbonyl (C=O) groups excluding carboxylic acids is 1. The summed E-state index contributed by atoms with van der Waals surface area (Å²) in [5.74, 6) is 2.20. The molecule has 6 heteroatoms. The lowest BCUT2D eigenvalue weighted by atomic mass is 9.93. The Balaban J connectivity index is 1.83. The fourth-order valence-corrected chi connectivity index (χ4v) is 4.49. The van der Waals surface area contributed by atoms with Gasteiger partial charge in [-0.2, -0.15) is 4.72 Å². The molecule has 1 N–H and O–H groups in total. The van der Waals surface area contributed by atoms with E-state index in [2.05, 4.69) is 10.6 Å². The molecule has 0 atom stereocenters. The molecule has 0 spiro atoms. The molecule has 0 aromatic heterocycles. The molecule has 2 aliphatic rings. The van der Waals surface area contributed by atoms with Gasteiger partial charge in [0.1, 0.15) is 0 Å². The molecule has 5 nitrogen and oxygen atoms in total. The quantitative estimate of drug-likeness (QED) is 0.793. The van der Waals surface area contributed by atoms with Crippen LogP contribution in [0.2, 0.25) is 0 Å². The molecule has 0 unspecified atom stereocenters. The Morgan fingerprint density at radius 1 is 1.16 bits per heavy atom. The van der Waals surface area contributed by atoms with Crippen LogP contribution >= 0.6 is 0 Å². The summed E-state index contributed by atoms with van der Waals surface area (Å²) in [4.78, 5) is 15.2. The van der Waals surface area contributed by atoms with E-state index < -0.39 is 10.0 Å². The summed E-state index contributed by atoms with van der Waals surface area (Å²) in [6.45, 7) is -0.0726. The molecule has 1 aromatic carbocycles. The van der Waals surface area contributed by atoms with Crippen molar-refractivity contribution in [3.8, 4) is 12.3 Å². The summed E-state index contributed by atoms with van der Waals surface area (Å²) in [7, 11) is -3.70. The Hall–Kier alpha value is -1.84. The molecular weight excluding hydrogens is 336 g/mol. The van der Waals surface area contributed by atoms with Crippen molar-refractivity contribution in [2.24, 2.45) is 0 Å². The van der Waals surface area contributed by atoms with Crippen LogP contribution < -0.4 is 4.72 Å². The van der Waals surface area contributed by atoms with Crippen molar-refractivity contribution < 1.29 is 13.2 Å². The van der Waals surface area contributed by atoms with Crippen molar-refractivity contribution in [1.82, 2.24) is 9.62 Å². The van der Waals surface area contributed by atoms with Crippen LogP contribution in [0.4, 0.5) is 0 Å². The zero-order valence-corrected chi connectivity index (χ0v) is 15.1. The highest BCUT2D eigenvalue weighted by Crippen LogP contribution is 2.35. The number of rotatable bonds is 6. The molecule has 0 saturated heterocycles. The third kappa shape index (κ3) is 4.23. The molecule has 1 aromatic rings. The first-order valence-electron chi connectivity index (χ1n) is 8.89. The van der Waals surface area contributed by atoms with Crippen molar-refractivity contribution in [3.05, 3.63) is 29.8 Å². The van der Waals surface area contributed by atoms with Crippen LogP contribution in [0.5, 0.6) is 0 Å². The van der Waals surface area contributed by atoms with Gasteiger partial charge in [0.25, 0.3) is 5.91 Å². The van der Waals surface area contributed by atoms with E-state index in [0.717, 1.165) is 38.5 Å². The van der Waals surface area contributed by atoms with Gasteiger partial charge in [0.2, 0.25) is 10.0 Å². The number of terminal acetylenes is 1. The smallest absolute Gasteiger partial charge is 0.254 e. The van der Waals surface area contributed by atoms with Gasteiger partial charge >= 0.3 is 0 Å². The first-order valence-corrected chi connectivity index (χ1v) is 10.4. The number of carbonyl (C=O) groups is 1. The maximum absolute atomic E-state index is 13.1. The van der Waals surface area contributed by atoms with Gasteiger partial charge in [0, 0.05) is 17.6 Å². The molecule has 2 saturated carbocycles. The Bertz CT molecular complexity index is 772. The number of hydrogen-bond donors (Lipinski definition) is 1. The zero-order valence-electron chi connectivity index (χ0n) is 14.3. The minimum absolute atomic E-state index is 0.0524. The van der Waals surface area contributed by atoms with Crippen molar-refractivity contribution in [2.75, 3.05) is 6.54 Å². The van der Waals surface area contributed by atoms with Gasteiger partial charge in [-0.3, -0.25) is 4.79 Å². The molecule has 0 bridgehead atoms.